The molecule has 1 atom stereocenters. The molecule has 0 N–H and O–H groups in total. The van der Waals surface area contributed by atoms with Crippen molar-refractivity contribution in [3.8, 4) is 5.75 Å². The first-order valence-electron chi connectivity index (χ1n) is 6.10. The molecule has 20 heavy (non-hydrogen) atoms. The summed E-state index contributed by atoms with van der Waals surface area (Å²) in [5.74, 6) is 0.471. The predicted octanol–water partition coefficient (Wildman–Crippen LogP) is 5.55. The molecule has 1 aliphatic heterocycles. The number of alkyl halides is 1. The van der Waals surface area contributed by atoms with E-state index in [1.165, 1.54) is 12.1 Å². The summed E-state index contributed by atoms with van der Waals surface area (Å²) in [6.07, 6.45) is 0.820. The van der Waals surface area contributed by atoms with Gasteiger partial charge in [0.25, 0.3) is 0 Å². The third-order valence-corrected chi connectivity index (χ3v) is 4.72. The van der Waals surface area contributed by atoms with E-state index >= 15 is 0 Å². The van der Waals surface area contributed by atoms with E-state index in [4.69, 9.17) is 27.9 Å². The van der Waals surface area contributed by atoms with Crippen LogP contribution in [0.3, 0.4) is 0 Å². The van der Waals surface area contributed by atoms with E-state index in [0.717, 1.165) is 23.3 Å². The summed E-state index contributed by atoms with van der Waals surface area (Å²) in [7, 11) is 0. The number of halogens is 4. The van der Waals surface area contributed by atoms with Crippen molar-refractivity contribution in [1.82, 2.24) is 0 Å². The lowest BCUT2D eigenvalue weighted by Gasteiger charge is -2.16. The normalized spacial score (nSPS) is 14.8. The summed E-state index contributed by atoms with van der Waals surface area (Å²) in [5.41, 5.74) is 2.35. The molecule has 2 aromatic rings. The lowest BCUT2D eigenvalue weighted by molar-refractivity contribution is 0.354. The van der Waals surface area contributed by atoms with Crippen LogP contribution in [-0.4, -0.2) is 6.61 Å². The molecule has 5 heteroatoms. The molecule has 3 rings (SSSR count). The van der Waals surface area contributed by atoms with E-state index in [1.807, 2.05) is 6.07 Å². The van der Waals surface area contributed by atoms with Gasteiger partial charge >= 0.3 is 0 Å². The van der Waals surface area contributed by atoms with Crippen LogP contribution in [-0.2, 0) is 6.42 Å². The molecule has 0 amide bonds. The van der Waals surface area contributed by atoms with Gasteiger partial charge in [-0.15, -0.1) is 0 Å². The molecule has 1 unspecified atom stereocenters. The average molecular weight is 376 g/mol. The first kappa shape index (κ1) is 14.2. The Kier molecular flexibility index (Phi) is 3.93. The van der Waals surface area contributed by atoms with Crippen LogP contribution in [0.1, 0.15) is 21.5 Å². The molecule has 0 spiro atoms. The summed E-state index contributed by atoms with van der Waals surface area (Å²) < 4.78 is 19.6. The van der Waals surface area contributed by atoms with Crippen LogP contribution in [0.2, 0.25) is 10.0 Å². The Bertz CT molecular complexity index is 675. The zero-order valence-corrected chi connectivity index (χ0v) is 13.4. The van der Waals surface area contributed by atoms with Gasteiger partial charge in [-0.2, -0.15) is 0 Å². The van der Waals surface area contributed by atoms with Crippen molar-refractivity contribution < 1.29 is 9.13 Å². The van der Waals surface area contributed by atoms with Crippen molar-refractivity contribution in [3.05, 3.63) is 62.9 Å². The highest BCUT2D eigenvalue weighted by molar-refractivity contribution is 9.09. The molecule has 0 radical (unpaired) electrons. The minimum Gasteiger partial charge on any atom is -0.493 e. The molecule has 0 aliphatic carbocycles. The Morgan fingerprint density at radius 3 is 2.65 bits per heavy atom. The Morgan fingerprint density at radius 2 is 1.85 bits per heavy atom. The van der Waals surface area contributed by atoms with E-state index < -0.39 is 0 Å². The smallest absolute Gasteiger partial charge is 0.127 e. The second-order valence-electron chi connectivity index (χ2n) is 4.61. The molecule has 0 aromatic heterocycles. The molecule has 0 bridgehead atoms. The van der Waals surface area contributed by atoms with Gasteiger partial charge in [0.15, 0.2) is 0 Å². The molecule has 1 heterocycles. The number of fused-ring (bicyclic) bond motifs is 1. The van der Waals surface area contributed by atoms with Gasteiger partial charge in [-0.3, -0.25) is 0 Å². The lowest BCUT2D eigenvalue weighted by Crippen LogP contribution is -2.00. The summed E-state index contributed by atoms with van der Waals surface area (Å²) in [4.78, 5) is -0.355. The summed E-state index contributed by atoms with van der Waals surface area (Å²) in [6, 6.07) is 8.18. The fourth-order valence-corrected chi connectivity index (χ4v) is 3.48. The molecule has 104 valence electrons. The van der Waals surface area contributed by atoms with Crippen LogP contribution in [0, 0.1) is 5.82 Å². The maximum absolute atomic E-state index is 14.0. The Morgan fingerprint density at radius 1 is 1.10 bits per heavy atom. The molecule has 2 aromatic carbocycles. The molecule has 0 saturated carbocycles. The van der Waals surface area contributed by atoms with Gasteiger partial charge in [-0.1, -0.05) is 39.1 Å². The molecule has 1 nitrogen and oxygen atoms in total. The summed E-state index contributed by atoms with van der Waals surface area (Å²) >= 11 is 15.6. The zero-order valence-electron chi connectivity index (χ0n) is 10.3. The first-order chi connectivity index (χ1) is 9.56. The molecular formula is C15H10BrCl2FO. The molecule has 1 aliphatic rings. The van der Waals surface area contributed by atoms with E-state index in [0.29, 0.717) is 22.2 Å². The third kappa shape index (κ3) is 2.54. The topological polar surface area (TPSA) is 9.23 Å². The quantitative estimate of drug-likeness (QED) is 0.625. The number of hydrogen-bond acceptors (Lipinski definition) is 1. The Balaban J connectivity index is 2.11. The van der Waals surface area contributed by atoms with Crippen molar-refractivity contribution >= 4 is 39.1 Å². The maximum atomic E-state index is 14.0. The van der Waals surface area contributed by atoms with Crippen LogP contribution < -0.4 is 4.74 Å². The minimum absolute atomic E-state index is 0.317. The highest BCUT2D eigenvalue weighted by Gasteiger charge is 2.24. The standard InChI is InChI=1S/C15H10BrCl2FO/c16-14(11-6-9(17)1-2-13(11)19)12-7-10(18)5-8-3-4-20-15(8)12/h1-2,5-7,14H,3-4H2. The van der Waals surface area contributed by atoms with Crippen LogP contribution in [0.25, 0.3) is 0 Å². The maximum Gasteiger partial charge on any atom is 0.127 e. The van der Waals surface area contributed by atoms with E-state index in [1.54, 1.807) is 12.1 Å². The third-order valence-electron chi connectivity index (χ3n) is 3.28. The minimum atomic E-state index is -0.355. The molecule has 0 fully saturated rings. The van der Waals surface area contributed by atoms with Crippen LogP contribution in [0.5, 0.6) is 5.75 Å². The Labute approximate surface area is 134 Å². The largest absolute Gasteiger partial charge is 0.493 e. The summed E-state index contributed by atoms with van der Waals surface area (Å²) in [5, 5.41) is 1.11. The highest BCUT2D eigenvalue weighted by Crippen LogP contribution is 2.43. The van der Waals surface area contributed by atoms with Crippen LogP contribution >= 0.6 is 39.1 Å². The number of ether oxygens (including phenoxy) is 1. The summed E-state index contributed by atoms with van der Waals surface area (Å²) in [6.45, 7) is 0.625. The SMILES string of the molecule is Fc1ccc(Cl)cc1C(Br)c1cc(Cl)cc2c1OCC2. The monoisotopic (exact) mass is 374 g/mol. The average Bonchev–Trinajstić information content (AvgIpc) is 2.87. The van der Waals surface area contributed by atoms with Crippen molar-refractivity contribution in [1.29, 1.82) is 0 Å². The van der Waals surface area contributed by atoms with E-state index in [-0.39, 0.29) is 10.6 Å². The zero-order chi connectivity index (χ0) is 14.3. The van der Waals surface area contributed by atoms with E-state index in [9.17, 15) is 4.39 Å². The van der Waals surface area contributed by atoms with Gasteiger partial charge in [0.2, 0.25) is 0 Å². The van der Waals surface area contributed by atoms with Gasteiger partial charge in [0.1, 0.15) is 11.6 Å². The van der Waals surface area contributed by atoms with Gasteiger partial charge in [0.05, 0.1) is 11.4 Å². The molecule has 0 saturated heterocycles. The van der Waals surface area contributed by atoms with E-state index in [2.05, 4.69) is 15.9 Å². The fraction of sp³-hybridized carbons (Fsp3) is 0.200. The van der Waals surface area contributed by atoms with Gasteiger partial charge < -0.3 is 4.74 Å². The highest BCUT2D eigenvalue weighted by atomic mass is 79.9. The van der Waals surface area contributed by atoms with Crippen LogP contribution in [0.4, 0.5) is 4.39 Å². The first-order valence-corrected chi connectivity index (χ1v) is 7.77. The second kappa shape index (κ2) is 5.55. The number of hydrogen-bond donors (Lipinski definition) is 0. The predicted molar refractivity (Wildman–Crippen MR) is 82.8 cm³/mol. The fourth-order valence-electron chi connectivity index (χ4n) is 2.36. The number of rotatable bonds is 2. The van der Waals surface area contributed by atoms with Gasteiger partial charge in [-0.05, 0) is 35.9 Å². The van der Waals surface area contributed by atoms with Crippen LogP contribution in [0.15, 0.2) is 30.3 Å². The van der Waals surface area contributed by atoms with Gasteiger partial charge in [-0.25, -0.2) is 4.39 Å². The van der Waals surface area contributed by atoms with Crippen molar-refractivity contribution in [3.63, 3.8) is 0 Å². The Hall–Kier alpha value is -0.770. The molecular weight excluding hydrogens is 366 g/mol. The van der Waals surface area contributed by atoms with Gasteiger partial charge in [0, 0.05) is 27.6 Å². The lowest BCUT2D eigenvalue weighted by atomic mass is 10.0. The number of benzene rings is 2. The van der Waals surface area contributed by atoms with Crippen molar-refractivity contribution in [2.24, 2.45) is 0 Å². The van der Waals surface area contributed by atoms with Crippen molar-refractivity contribution in [2.75, 3.05) is 6.61 Å². The van der Waals surface area contributed by atoms with Crippen molar-refractivity contribution in [2.45, 2.75) is 11.2 Å². The second-order valence-corrected chi connectivity index (χ2v) is 6.40.